The normalized spacial score (nSPS) is 17.4. The zero-order valence-corrected chi connectivity index (χ0v) is 14.9. The van der Waals surface area contributed by atoms with Gasteiger partial charge in [0.15, 0.2) is 0 Å². The molecule has 1 aliphatic heterocycles. The molecule has 0 radical (unpaired) electrons. The van der Waals surface area contributed by atoms with E-state index >= 15 is 0 Å². The minimum atomic E-state index is 0.0998. The number of nitrogens with two attached hydrogens (primary N) is 1. The third-order valence-electron chi connectivity index (χ3n) is 4.10. The van der Waals surface area contributed by atoms with Crippen LogP contribution in [-0.2, 0) is 6.42 Å². The summed E-state index contributed by atoms with van der Waals surface area (Å²) >= 11 is 5.35. The molecule has 0 spiro atoms. The van der Waals surface area contributed by atoms with Crippen molar-refractivity contribution in [2.45, 2.75) is 38.8 Å². The van der Waals surface area contributed by atoms with E-state index in [-0.39, 0.29) is 12.1 Å². The minimum Gasteiger partial charge on any atom is -0.362 e. The van der Waals surface area contributed by atoms with Gasteiger partial charge in [0.25, 0.3) is 0 Å². The summed E-state index contributed by atoms with van der Waals surface area (Å²) in [7, 11) is 0. The summed E-state index contributed by atoms with van der Waals surface area (Å²) in [5, 5.41) is 2.14. The van der Waals surface area contributed by atoms with Gasteiger partial charge >= 0.3 is 0 Å². The monoisotopic (exact) mass is 364 g/mol. The van der Waals surface area contributed by atoms with Gasteiger partial charge in [-0.05, 0) is 60.3 Å². The van der Waals surface area contributed by atoms with Crippen molar-refractivity contribution in [3.8, 4) is 0 Å². The number of hydrogen-bond acceptors (Lipinski definition) is 3. The SMILES string of the molecule is Cc1ccc2c(c1)CCCN2C(c1cc(Br)cs1)C(C)N. The van der Waals surface area contributed by atoms with Gasteiger partial charge in [-0.3, -0.25) is 0 Å². The van der Waals surface area contributed by atoms with Crippen molar-refractivity contribution in [3.05, 3.63) is 50.1 Å². The third kappa shape index (κ3) is 3.03. The van der Waals surface area contributed by atoms with Crippen LogP contribution in [0.25, 0.3) is 0 Å². The Kier molecular flexibility index (Phi) is 4.38. The maximum absolute atomic E-state index is 6.35. The molecule has 3 rings (SSSR count). The van der Waals surface area contributed by atoms with Crippen LogP contribution in [0.4, 0.5) is 5.69 Å². The summed E-state index contributed by atoms with van der Waals surface area (Å²) in [5.74, 6) is 0. The van der Waals surface area contributed by atoms with Crippen LogP contribution in [0.2, 0.25) is 0 Å². The molecule has 0 fully saturated rings. The van der Waals surface area contributed by atoms with Crippen LogP contribution in [-0.4, -0.2) is 12.6 Å². The van der Waals surface area contributed by atoms with Crippen LogP contribution >= 0.6 is 27.3 Å². The molecular formula is C17H21BrN2S. The largest absolute Gasteiger partial charge is 0.362 e. The molecule has 2 N–H and O–H groups in total. The highest BCUT2D eigenvalue weighted by atomic mass is 79.9. The van der Waals surface area contributed by atoms with Crippen molar-refractivity contribution in [2.24, 2.45) is 5.73 Å². The molecule has 0 saturated carbocycles. The molecule has 2 unspecified atom stereocenters. The van der Waals surface area contributed by atoms with E-state index in [1.54, 1.807) is 11.3 Å². The topological polar surface area (TPSA) is 29.3 Å². The molecule has 21 heavy (non-hydrogen) atoms. The molecule has 0 bridgehead atoms. The first-order valence-electron chi connectivity index (χ1n) is 7.42. The first kappa shape index (κ1) is 15.1. The summed E-state index contributed by atoms with van der Waals surface area (Å²) in [6.45, 7) is 5.36. The summed E-state index contributed by atoms with van der Waals surface area (Å²) in [6, 6.07) is 9.36. The van der Waals surface area contributed by atoms with E-state index in [4.69, 9.17) is 5.73 Å². The lowest BCUT2D eigenvalue weighted by Gasteiger charge is -2.39. The molecule has 1 aromatic carbocycles. The van der Waals surface area contributed by atoms with Crippen LogP contribution in [0.1, 0.15) is 35.4 Å². The fourth-order valence-electron chi connectivity index (χ4n) is 3.22. The first-order chi connectivity index (χ1) is 10.1. The Labute approximate surface area is 139 Å². The summed E-state index contributed by atoms with van der Waals surface area (Å²) < 4.78 is 1.15. The predicted octanol–water partition coefficient (Wildman–Crippen LogP) is 4.66. The molecule has 2 heterocycles. The Morgan fingerprint density at radius 3 is 2.81 bits per heavy atom. The Morgan fingerprint density at radius 1 is 1.33 bits per heavy atom. The molecule has 0 aliphatic carbocycles. The molecule has 2 nitrogen and oxygen atoms in total. The molecule has 2 aromatic rings. The maximum atomic E-state index is 6.35. The van der Waals surface area contributed by atoms with Gasteiger partial charge in [-0.1, -0.05) is 17.7 Å². The number of anilines is 1. The summed E-state index contributed by atoms with van der Waals surface area (Å²) in [6.07, 6.45) is 2.37. The quantitative estimate of drug-likeness (QED) is 0.857. The number of fused-ring (bicyclic) bond motifs is 1. The highest BCUT2D eigenvalue weighted by Crippen LogP contribution is 2.38. The number of thiophene rings is 1. The van der Waals surface area contributed by atoms with Gasteiger partial charge in [0, 0.05) is 33.0 Å². The Balaban J connectivity index is 2.02. The number of benzene rings is 1. The lowest BCUT2D eigenvalue weighted by Crippen LogP contribution is -2.41. The van der Waals surface area contributed by atoms with Crippen molar-refractivity contribution >= 4 is 33.0 Å². The first-order valence-corrected chi connectivity index (χ1v) is 9.09. The van der Waals surface area contributed by atoms with Crippen molar-refractivity contribution in [1.82, 2.24) is 0 Å². The maximum Gasteiger partial charge on any atom is 0.0783 e. The predicted molar refractivity (Wildman–Crippen MR) is 95.3 cm³/mol. The van der Waals surface area contributed by atoms with Gasteiger partial charge in [-0.2, -0.15) is 0 Å². The van der Waals surface area contributed by atoms with Crippen molar-refractivity contribution in [2.75, 3.05) is 11.4 Å². The van der Waals surface area contributed by atoms with Gasteiger partial charge < -0.3 is 10.6 Å². The molecule has 2 atom stereocenters. The van der Waals surface area contributed by atoms with Crippen molar-refractivity contribution in [1.29, 1.82) is 0 Å². The fraction of sp³-hybridized carbons (Fsp3) is 0.412. The molecule has 0 amide bonds. The third-order valence-corrected chi connectivity index (χ3v) is 5.87. The standard InChI is InChI=1S/C17H21BrN2S/c1-11-5-6-15-13(8-11)4-3-7-20(15)17(12(2)19)16-9-14(18)10-21-16/h5-6,8-10,12,17H,3-4,7,19H2,1-2H3. The zero-order chi connectivity index (χ0) is 15.0. The number of aryl methyl sites for hydroxylation is 2. The second kappa shape index (κ2) is 6.11. The van der Waals surface area contributed by atoms with E-state index in [1.807, 2.05) is 0 Å². The minimum absolute atomic E-state index is 0.0998. The Hall–Kier alpha value is -0.840. The zero-order valence-electron chi connectivity index (χ0n) is 12.5. The molecule has 4 heteroatoms. The van der Waals surface area contributed by atoms with E-state index in [0.717, 1.165) is 11.0 Å². The average Bonchev–Trinajstić information content (AvgIpc) is 2.84. The van der Waals surface area contributed by atoms with Crippen LogP contribution in [0.3, 0.4) is 0 Å². The number of halogens is 1. The Bertz CT molecular complexity index is 635. The highest BCUT2D eigenvalue weighted by Gasteiger charge is 2.29. The Morgan fingerprint density at radius 2 is 2.14 bits per heavy atom. The molecule has 0 saturated heterocycles. The number of nitrogens with zero attached hydrogens (tertiary/aromatic N) is 1. The van der Waals surface area contributed by atoms with Gasteiger partial charge in [0.1, 0.15) is 0 Å². The van der Waals surface area contributed by atoms with Gasteiger partial charge in [-0.15, -0.1) is 11.3 Å². The van der Waals surface area contributed by atoms with Crippen LogP contribution in [0.15, 0.2) is 34.1 Å². The number of rotatable bonds is 3. The van der Waals surface area contributed by atoms with Gasteiger partial charge in [0.2, 0.25) is 0 Å². The lowest BCUT2D eigenvalue weighted by molar-refractivity contribution is 0.516. The van der Waals surface area contributed by atoms with Gasteiger partial charge in [0.05, 0.1) is 6.04 Å². The molecule has 112 valence electrons. The summed E-state index contributed by atoms with van der Waals surface area (Å²) in [5.41, 5.74) is 10.5. The average molecular weight is 365 g/mol. The van der Waals surface area contributed by atoms with E-state index < -0.39 is 0 Å². The van der Waals surface area contributed by atoms with Crippen LogP contribution < -0.4 is 10.6 Å². The fourth-order valence-corrected chi connectivity index (χ4v) is 4.90. The van der Waals surface area contributed by atoms with Gasteiger partial charge in [-0.25, -0.2) is 0 Å². The van der Waals surface area contributed by atoms with Crippen LogP contribution in [0.5, 0.6) is 0 Å². The molecular weight excluding hydrogens is 344 g/mol. The molecule has 1 aliphatic rings. The van der Waals surface area contributed by atoms with Crippen molar-refractivity contribution in [3.63, 3.8) is 0 Å². The second-order valence-electron chi connectivity index (χ2n) is 5.90. The van der Waals surface area contributed by atoms with E-state index in [2.05, 4.69) is 64.3 Å². The summed E-state index contributed by atoms with van der Waals surface area (Å²) in [4.78, 5) is 3.84. The lowest BCUT2D eigenvalue weighted by atomic mass is 9.96. The van der Waals surface area contributed by atoms with E-state index in [9.17, 15) is 0 Å². The highest BCUT2D eigenvalue weighted by molar-refractivity contribution is 9.10. The second-order valence-corrected chi connectivity index (χ2v) is 7.76. The smallest absolute Gasteiger partial charge is 0.0783 e. The van der Waals surface area contributed by atoms with Crippen LogP contribution in [0, 0.1) is 6.92 Å². The molecule has 1 aromatic heterocycles. The van der Waals surface area contributed by atoms with E-state index in [1.165, 1.54) is 34.5 Å². The van der Waals surface area contributed by atoms with Crippen molar-refractivity contribution < 1.29 is 0 Å². The van der Waals surface area contributed by atoms with E-state index in [0.29, 0.717) is 0 Å². The number of hydrogen-bond donors (Lipinski definition) is 1.